The highest BCUT2D eigenvalue weighted by Crippen LogP contribution is 2.27. The molecule has 0 aromatic heterocycles. The average Bonchev–Trinajstić information content (AvgIpc) is 2.41. The molecule has 3 N–H and O–H groups in total. The van der Waals surface area contributed by atoms with Gasteiger partial charge in [-0.05, 0) is 26.8 Å². The molecule has 19 heavy (non-hydrogen) atoms. The van der Waals surface area contributed by atoms with E-state index in [1.807, 2.05) is 13.8 Å². The molecule has 1 unspecified atom stereocenters. The summed E-state index contributed by atoms with van der Waals surface area (Å²) in [5.74, 6) is -0.260. The smallest absolute Gasteiger partial charge is 0.239 e. The van der Waals surface area contributed by atoms with Crippen LogP contribution < -0.4 is 5.32 Å². The number of para-hydroxylation sites is 1. The predicted molar refractivity (Wildman–Crippen MR) is 74.0 cm³/mol. The molecule has 1 aromatic rings. The van der Waals surface area contributed by atoms with Gasteiger partial charge < -0.3 is 20.4 Å². The Morgan fingerprint density at radius 1 is 1.32 bits per heavy atom. The summed E-state index contributed by atoms with van der Waals surface area (Å²) in [5, 5.41) is 22.1. The summed E-state index contributed by atoms with van der Waals surface area (Å²) in [6, 6.07) is 4.45. The van der Waals surface area contributed by atoms with E-state index >= 15 is 0 Å². The fourth-order valence-electron chi connectivity index (χ4n) is 1.88. The fraction of sp³-hybridized carbons (Fsp3) is 0.500. The van der Waals surface area contributed by atoms with E-state index in [2.05, 4.69) is 5.32 Å². The summed E-state index contributed by atoms with van der Waals surface area (Å²) in [6.45, 7) is 7.36. The molecule has 5 nitrogen and oxygen atoms in total. The Bertz CT molecular complexity index is 431. The zero-order valence-electron chi connectivity index (χ0n) is 11.7. The first-order chi connectivity index (χ1) is 9.01. The van der Waals surface area contributed by atoms with Crippen molar-refractivity contribution in [3.63, 3.8) is 0 Å². The summed E-state index contributed by atoms with van der Waals surface area (Å²) in [5.41, 5.74) is 0.569. The van der Waals surface area contributed by atoms with E-state index in [-0.39, 0.29) is 23.4 Å². The van der Waals surface area contributed by atoms with Crippen molar-refractivity contribution < 1.29 is 15.0 Å². The van der Waals surface area contributed by atoms with Crippen molar-refractivity contribution in [2.45, 2.75) is 33.4 Å². The fourth-order valence-corrected chi connectivity index (χ4v) is 1.88. The monoisotopic (exact) mass is 266 g/mol. The zero-order valence-corrected chi connectivity index (χ0v) is 11.7. The second-order valence-corrected chi connectivity index (χ2v) is 4.40. The molecular weight excluding hydrogens is 244 g/mol. The van der Waals surface area contributed by atoms with Gasteiger partial charge in [0.05, 0.1) is 6.04 Å². The van der Waals surface area contributed by atoms with Crippen LogP contribution in [0.2, 0.25) is 0 Å². The van der Waals surface area contributed by atoms with Gasteiger partial charge in [-0.1, -0.05) is 12.1 Å². The lowest BCUT2D eigenvalue weighted by molar-refractivity contribution is -0.132. The first kappa shape index (κ1) is 15.3. The zero-order chi connectivity index (χ0) is 14.4. The minimum atomic E-state index is -0.332. The normalized spacial score (nSPS) is 12.2. The summed E-state index contributed by atoms with van der Waals surface area (Å²) >= 11 is 0. The van der Waals surface area contributed by atoms with E-state index in [9.17, 15) is 15.0 Å². The van der Waals surface area contributed by atoms with Crippen LogP contribution in [0.1, 0.15) is 26.3 Å². The van der Waals surface area contributed by atoms with Crippen LogP contribution >= 0.6 is 0 Å². The topological polar surface area (TPSA) is 72.8 Å². The first-order valence-corrected chi connectivity index (χ1v) is 6.53. The molecular formula is C14H22N2O3. The van der Waals surface area contributed by atoms with Crippen molar-refractivity contribution in [3.8, 4) is 11.5 Å². The van der Waals surface area contributed by atoms with Gasteiger partial charge in [-0.15, -0.1) is 0 Å². The number of nitrogens with one attached hydrogen (secondary N) is 1. The largest absolute Gasteiger partial charge is 0.504 e. The number of rotatable bonds is 6. The predicted octanol–water partition coefficient (Wildman–Crippen LogP) is 1.44. The van der Waals surface area contributed by atoms with E-state index in [1.54, 1.807) is 24.0 Å². The van der Waals surface area contributed by atoms with Crippen molar-refractivity contribution in [2.24, 2.45) is 0 Å². The number of amides is 1. The number of nitrogens with zero attached hydrogens (tertiary/aromatic N) is 1. The lowest BCUT2D eigenvalue weighted by Gasteiger charge is -2.23. The molecule has 5 heteroatoms. The molecule has 106 valence electrons. The van der Waals surface area contributed by atoms with Crippen LogP contribution in [0.25, 0.3) is 0 Å². The molecule has 1 amide bonds. The average molecular weight is 266 g/mol. The van der Waals surface area contributed by atoms with Gasteiger partial charge in [0.1, 0.15) is 0 Å². The standard InChI is InChI=1S/C14H22N2O3/c1-4-16(5-2)14(19)10(3)15-9-11-7-6-8-12(17)13(11)18/h6-8,10,15,17-18H,4-5,9H2,1-3H3. The number of aromatic hydroxyl groups is 2. The number of carbonyl (C=O) groups is 1. The molecule has 0 saturated carbocycles. The van der Waals surface area contributed by atoms with Crippen molar-refractivity contribution in [1.82, 2.24) is 10.2 Å². The molecule has 0 radical (unpaired) electrons. The van der Waals surface area contributed by atoms with Crippen LogP contribution in [0.4, 0.5) is 0 Å². The van der Waals surface area contributed by atoms with E-state index in [1.165, 1.54) is 6.07 Å². The number of phenolic OH excluding ortho intramolecular Hbond substituents is 2. The Morgan fingerprint density at radius 3 is 2.53 bits per heavy atom. The highest BCUT2D eigenvalue weighted by molar-refractivity contribution is 5.81. The lowest BCUT2D eigenvalue weighted by Crippen LogP contribution is -2.44. The quantitative estimate of drug-likeness (QED) is 0.681. The molecule has 0 saturated heterocycles. The van der Waals surface area contributed by atoms with Gasteiger partial charge >= 0.3 is 0 Å². The third-order valence-corrected chi connectivity index (χ3v) is 3.14. The molecule has 1 atom stereocenters. The third kappa shape index (κ3) is 3.86. The second kappa shape index (κ2) is 6.99. The number of phenols is 2. The maximum atomic E-state index is 12.0. The van der Waals surface area contributed by atoms with Crippen LogP contribution in [-0.4, -0.2) is 40.2 Å². The van der Waals surface area contributed by atoms with Gasteiger partial charge in [-0.25, -0.2) is 0 Å². The van der Waals surface area contributed by atoms with E-state index in [0.29, 0.717) is 25.2 Å². The van der Waals surface area contributed by atoms with E-state index in [0.717, 1.165) is 0 Å². The number of benzene rings is 1. The molecule has 0 aliphatic heterocycles. The Kier molecular flexibility index (Phi) is 5.63. The summed E-state index contributed by atoms with van der Waals surface area (Å²) in [6.07, 6.45) is 0. The molecule has 0 bridgehead atoms. The Balaban J connectivity index is 2.61. The summed E-state index contributed by atoms with van der Waals surface area (Å²) in [7, 11) is 0. The Labute approximate surface area is 113 Å². The van der Waals surface area contributed by atoms with Gasteiger partial charge in [0.15, 0.2) is 11.5 Å². The van der Waals surface area contributed by atoms with Gasteiger partial charge in [-0.2, -0.15) is 0 Å². The highest BCUT2D eigenvalue weighted by atomic mass is 16.3. The van der Waals surface area contributed by atoms with Crippen LogP contribution in [0.3, 0.4) is 0 Å². The molecule has 0 fully saturated rings. The number of likely N-dealkylation sites (N-methyl/N-ethyl adjacent to an activating group) is 1. The van der Waals surface area contributed by atoms with E-state index < -0.39 is 0 Å². The molecule has 1 rings (SSSR count). The third-order valence-electron chi connectivity index (χ3n) is 3.14. The minimum Gasteiger partial charge on any atom is -0.504 e. The SMILES string of the molecule is CCN(CC)C(=O)C(C)NCc1cccc(O)c1O. The van der Waals surface area contributed by atoms with Crippen molar-refractivity contribution in [2.75, 3.05) is 13.1 Å². The van der Waals surface area contributed by atoms with E-state index in [4.69, 9.17) is 0 Å². The molecule has 0 aliphatic rings. The minimum absolute atomic E-state index is 0.0321. The van der Waals surface area contributed by atoms with Gasteiger partial charge in [-0.3, -0.25) is 4.79 Å². The van der Waals surface area contributed by atoms with Crippen molar-refractivity contribution >= 4 is 5.91 Å². The van der Waals surface area contributed by atoms with Gasteiger partial charge in [0.2, 0.25) is 5.91 Å². The van der Waals surface area contributed by atoms with Crippen LogP contribution in [0, 0.1) is 0 Å². The van der Waals surface area contributed by atoms with Gasteiger partial charge in [0, 0.05) is 25.2 Å². The van der Waals surface area contributed by atoms with Crippen molar-refractivity contribution in [1.29, 1.82) is 0 Å². The maximum Gasteiger partial charge on any atom is 0.239 e. The Morgan fingerprint density at radius 2 is 1.95 bits per heavy atom. The van der Waals surface area contributed by atoms with Gasteiger partial charge in [0.25, 0.3) is 0 Å². The van der Waals surface area contributed by atoms with Crippen LogP contribution in [0.15, 0.2) is 18.2 Å². The molecule has 0 spiro atoms. The number of carbonyl (C=O) groups excluding carboxylic acids is 1. The van der Waals surface area contributed by atoms with Crippen LogP contribution in [0.5, 0.6) is 11.5 Å². The molecule has 1 aromatic carbocycles. The number of hydrogen-bond acceptors (Lipinski definition) is 4. The Hall–Kier alpha value is -1.75. The summed E-state index contributed by atoms with van der Waals surface area (Å²) < 4.78 is 0. The lowest BCUT2D eigenvalue weighted by atomic mass is 10.1. The number of hydrogen-bond donors (Lipinski definition) is 3. The molecule has 0 heterocycles. The second-order valence-electron chi connectivity index (χ2n) is 4.40. The molecule has 0 aliphatic carbocycles. The maximum absolute atomic E-state index is 12.0. The highest BCUT2D eigenvalue weighted by Gasteiger charge is 2.18. The summed E-state index contributed by atoms with van der Waals surface area (Å²) in [4.78, 5) is 13.8. The van der Waals surface area contributed by atoms with Crippen molar-refractivity contribution in [3.05, 3.63) is 23.8 Å². The first-order valence-electron chi connectivity index (χ1n) is 6.53. The van der Waals surface area contributed by atoms with Crippen LogP contribution in [-0.2, 0) is 11.3 Å².